The van der Waals surface area contributed by atoms with E-state index in [9.17, 15) is 9.59 Å². The summed E-state index contributed by atoms with van der Waals surface area (Å²) in [5.74, 6) is -0.887. The fourth-order valence-electron chi connectivity index (χ4n) is 2.15. The SMILES string of the molecule is C=C/C=C\C(=C/C=C)n1cnc(C2CCC(=O)NC2=O)c1.CCC. The summed E-state index contributed by atoms with van der Waals surface area (Å²) in [4.78, 5) is 27.3. The molecule has 5 heteroatoms. The minimum absolute atomic E-state index is 0.225. The van der Waals surface area contributed by atoms with Gasteiger partial charge in [0.15, 0.2) is 0 Å². The van der Waals surface area contributed by atoms with Crippen LogP contribution in [0, 0.1) is 0 Å². The Hall–Kier alpha value is -2.69. The number of aromatic nitrogens is 2. The van der Waals surface area contributed by atoms with Crippen molar-refractivity contribution in [3.8, 4) is 0 Å². The molecule has 1 N–H and O–H groups in total. The Labute approximate surface area is 143 Å². The van der Waals surface area contributed by atoms with Crippen molar-refractivity contribution < 1.29 is 9.59 Å². The van der Waals surface area contributed by atoms with E-state index < -0.39 is 0 Å². The minimum Gasteiger partial charge on any atom is -0.306 e. The van der Waals surface area contributed by atoms with Crippen LogP contribution in [0.15, 0.2) is 56.1 Å². The summed E-state index contributed by atoms with van der Waals surface area (Å²) in [6, 6.07) is 0. The van der Waals surface area contributed by atoms with Gasteiger partial charge in [-0.2, -0.15) is 0 Å². The molecule has 0 aromatic carbocycles. The van der Waals surface area contributed by atoms with Gasteiger partial charge in [0, 0.05) is 18.3 Å². The molecule has 1 saturated heterocycles. The van der Waals surface area contributed by atoms with Gasteiger partial charge in [0.1, 0.15) is 0 Å². The molecule has 1 aromatic rings. The lowest BCUT2D eigenvalue weighted by atomic mass is 9.95. The number of rotatable bonds is 5. The minimum atomic E-state index is -0.377. The van der Waals surface area contributed by atoms with E-state index in [1.54, 1.807) is 35.3 Å². The van der Waals surface area contributed by atoms with Crippen molar-refractivity contribution in [3.05, 3.63) is 61.8 Å². The molecule has 128 valence electrons. The Morgan fingerprint density at radius 1 is 1.38 bits per heavy atom. The monoisotopic (exact) mass is 327 g/mol. The molecule has 2 rings (SSSR count). The molecular formula is C19H25N3O2. The molecule has 1 aliphatic heterocycles. The normalized spacial score (nSPS) is 17.9. The molecule has 0 bridgehead atoms. The van der Waals surface area contributed by atoms with E-state index >= 15 is 0 Å². The smallest absolute Gasteiger partial charge is 0.235 e. The summed E-state index contributed by atoms with van der Waals surface area (Å²) in [6.07, 6.45) is 14.4. The number of carbonyl (C=O) groups excluding carboxylic acids is 2. The van der Waals surface area contributed by atoms with Gasteiger partial charge in [-0.3, -0.25) is 14.9 Å². The zero-order chi connectivity index (χ0) is 17.9. The van der Waals surface area contributed by atoms with E-state index in [2.05, 4.69) is 37.3 Å². The molecule has 2 heterocycles. The first-order valence-corrected chi connectivity index (χ1v) is 8.07. The van der Waals surface area contributed by atoms with Crippen molar-refractivity contribution in [1.29, 1.82) is 0 Å². The molecule has 1 aromatic heterocycles. The molecule has 5 nitrogen and oxygen atoms in total. The van der Waals surface area contributed by atoms with Crippen LogP contribution >= 0.6 is 0 Å². The average molecular weight is 327 g/mol. The van der Waals surface area contributed by atoms with Crippen LogP contribution in [0.5, 0.6) is 0 Å². The van der Waals surface area contributed by atoms with Crippen molar-refractivity contribution in [1.82, 2.24) is 14.9 Å². The number of imide groups is 1. The Balaban J connectivity index is 0.000000891. The van der Waals surface area contributed by atoms with Crippen molar-refractivity contribution in [3.63, 3.8) is 0 Å². The molecule has 0 spiro atoms. The third kappa shape index (κ3) is 5.50. The summed E-state index contributed by atoms with van der Waals surface area (Å²) >= 11 is 0. The molecule has 24 heavy (non-hydrogen) atoms. The van der Waals surface area contributed by atoms with Crippen LogP contribution in [0.1, 0.15) is 44.7 Å². The highest BCUT2D eigenvalue weighted by Crippen LogP contribution is 2.24. The van der Waals surface area contributed by atoms with E-state index in [1.165, 1.54) is 6.42 Å². The first-order chi connectivity index (χ1) is 11.6. The predicted molar refractivity (Wildman–Crippen MR) is 97.1 cm³/mol. The summed E-state index contributed by atoms with van der Waals surface area (Å²) in [6.45, 7) is 11.6. The Morgan fingerprint density at radius 2 is 2.08 bits per heavy atom. The lowest BCUT2D eigenvalue weighted by Gasteiger charge is -2.18. The quantitative estimate of drug-likeness (QED) is 0.664. The van der Waals surface area contributed by atoms with Gasteiger partial charge in [-0.1, -0.05) is 51.7 Å². The first kappa shape index (κ1) is 19.4. The second kappa shape index (κ2) is 10.2. The topological polar surface area (TPSA) is 64.0 Å². The molecule has 0 radical (unpaired) electrons. The van der Waals surface area contributed by atoms with Crippen molar-refractivity contribution in [2.24, 2.45) is 0 Å². The second-order valence-corrected chi connectivity index (χ2v) is 5.34. The fourth-order valence-corrected chi connectivity index (χ4v) is 2.15. The van der Waals surface area contributed by atoms with Gasteiger partial charge < -0.3 is 4.57 Å². The van der Waals surface area contributed by atoms with Crippen molar-refractivity contribution in [2.75, 3.05) is 0 Å². The van der Waals surface area contributed by atoms with Gasteiger partial charge in [0.05, 0.1) is 17.9 Å². The van der Waals surface area contributed by atoms with E-state index in [4.69, 9.17) is 0 Å². The molecule has 1 atom stereocenters. The summed E-state index contributed by atoms with van der Waals surface area (Å²) < 4.78 is 1.81. The maximum absolute atomic E-state index is 11.8. The average Bonchev–Trinajstić information content (AvgIpc) is 3.01. The number of carbonyl (C=O) groups is 2. The van der Waals surface area contributed by atoms with Crippen LogP contribution in [0.25, 0.3) is 5.70 Å². The van der Waals surface area contributed by atoms with E-state index in [0.717, 1.165) is 5.70 Å². The summed E-state index contributed by atoms with van der Waals surface area (Å²) in [7, 11) is 0. The lowest BCUT2D eigenvalue weighted by Crippen LogP contribution is -2.39. The maximum Gasteiger partial charge on any atom is 0.235 e. The number of piperidine rings is 1. The first-order valence-electron chi connectivity index (χ1n) is 8.07. The number of imidazole rings is 1. The molecule has 1 fully saturated rings. The highest BCUT2D eigenvalue weighted by Gasteiger charge is 2.29. The molecule has 2 amide bonds. The van der Waals surface area contributed by atoms with Gasteiger partial charge in [-0.05, 0) is 18.6 Å². The maximum atomic E-state index is 11.8. The van der Waals surface area contributed by atoms with E-state index in [-0.39, 0.29) is 17.7 Å². The zero-order valence-corrected chi connectivity index (χ0v) is 14.4. The Morgan fingerprint density at radius 3 is 2.67 bits per heavy atom. The van der Waals surface area contributed by atoms with Crippen LogP contribution < -0.4 is 5.32 Å². The van der Waals surface area contributed by atoms with Crippen LogP contribution in [-0.2, 0) is 9.59 Å². The number of hydrogen-bond donors (Lipinski definition) is 1. The zero-order valence-electron chi connectivity index (χ0n) is 14.4. The second-order valence-electron chi connectivity index (χ2n) is 5.34. The van der Waals surface area contributed by atoms with Crippen LogP contribution in [0.3, 0.4) is 0 Å². The summed E-state index contributed by atoms with van der Waals surface area (Å²) in [5.41, 5.74) is 1.51. The van der Waals surface area contributed by atoms with Gasteiger partial charge >= 0.3 is 0 Å². The predicted octanol–water partition coefficient (Wildman–Crippen LogP) is 3.59. The number of amides is 2. The highest BCUT2D eigenvalue weighted by molar-refractivity contribution is 6.00. The summed E-state index contributed by atoms with van der Waals surface area (Å²) in [5, 5.41) is 2.34. The van der Waals surface area contributed by atoms with Gasteiger partial charge in [-0.25, -0.2) is 4.98 Å². The Kier molecular flexibility index (Phi) is 8.19. The Bertz CT molecular complexity index is 653. The van der Waals surface area contributed by atoms with Gasteiger partial charge in [0.2, 0.25) is 11.8 Å². The highest BCUT2D eigenvalue weighted by atomic mass is 16.2. The number of nitrogens with one attached hydrogen (secondary N) is 1. The molecule has 0 saturated carbocycles. The van der Waals surface area contributed by atoms with Crippen molar-refractivity contribution in [2.45, 2.75) is 39.0 Å². The van der Waals surface area contributed by atoms with Crippen LogP contribution in [0.4, 0.5) is 0 Å². The van der Waals surface area contributed by atoms with E-state index in [1.807, 2.05) is 12.2 Å². The standard InChI is InChI=1S/C16H17N3O2.C3H8/c1-3-5-7-12(6-4-2)19-10-14(17-11-19)13-8-9-15(20)18-16(13)21;1-3-2/h3-7,10-11,13H,1-2,8-9H2,(H,18,20,21);3H2,1-2H3/b7-5-,12-6+;. The lowest BCUT2D eigenvalue weighted by molar-refractivity contribution is -0.134. The largest absolute Gasteiger partial charge is 0.306 e. The number of nitrogens with zero attached hydrogens (tertiary/aromatic N) is 2. The fraction of sp³-hybridized carbons (Fsp3) is 0.316. The third-order valence-electron chi connectivity index (χ3n) is 3.19. The molecule has 0 aliphatic carbocycles. The number of allylic oxidation sites excluding steroid dienone is 6. The van der Waals surface area contributed by atoms with Gasteiger partial charge in [-0.15, -0.1) is 0 Å². The van der Waals surface area contributed by atoms with Crippen molar-refractivity contribution >= 4 is 17.5 Å². The molecular weight excluding hydrogens is 302 g/mol. The van der Waals surface area contributed by atoms with Crippen LogP contribution in [-0.4, -0.2) is 21.4 Å². The van der Waals surface area contributed by atoms with Crippen LogP contribution in [0.2, 0.25) is 0 Å². The number of hydrogen-bond acceptors (Lipinski definition) is 3. The molecule has 1 unspecified atom stereocenters. The third-order valence-corrected chi connectivity index (χ3v) is 3.19. The van der Waals surface area contributed by atoms with E-state index in [0.29, 0.717) is 18.5 Å². The molecule has 1 aliphatic rings. The van der Waals surface area contributed by atoms with Gasteiger partial charge in [0.25, 0.3) is 0 Å².